The smallest absolute Gasteiger partial charge is 0.167 e. The van der Waals surface area contributed by atoms with Gasteiger partial charge in [0.05, 0.1) is 23.4 Å². The van der Waals surface area contributed by atoms with E-state index in [0.29, 0.717) is 11.3 Å². The summed E-state index contributed by atoms with van der Waals surface area (Å²) in [6.07, 6.45) is 8.00. The van der Waals surface area contributed by atoms with E-state index < -0.39 is 5.41 Å². The highest BCUT2D eigenvalue weighted by Gasteiger charge is 2.24. The Labute approximate surface area is 235 Å². The Balaban J connectivity index is 1.43. The third kappa shape index (κ3) is 5.92. The average Bonchev–Trinajstić information content (AvgIpc) is 3.36. The van der Waals surface area contributed by atoms with Crippen molar-refractivity contribution >= 4 is 11.5 Å². The minimum absolute atomic E-state index is 0.0132. The summed E-state index contributed by atoms with van der Waals surface area (Å²) in [5, 5.41) is 18.5. The quantitative estimate of drug-likeness (QED) is 0.322. The fourth-order valence-corrected chi connectivity index (χ4v) is 4.93. The maximum absolute atomic E-state index is 13.7. The number of nitrogens with zero attached hydrogens (tertiary/aromatic N) is 8. The maximum Gasteiger partial charge on any atom is 0.167 e. The third-order valence-corrected chi connectivity index (χ3v) is 7.56. The van der Waals surface area contributed by atoms with E-state index in [2.05, 4.69) is 49.3 Å². The molecule has 4 aromatic rings. The van der Waals surface area contributed by atoms with Crippen molar-refractivity contribution in [2.75, 3.05) is 38.1 Å². The molecule has 40 heavy (non-hydrogen) atoms. The first-order valence-electron chi connectivity index (χ1n) is 13.5. The minimum Gasteiger partial charge on any atom is -0.370 e. The van der Waals surface area contributed by atoms with Crippen LogP contribution in [-0.2, 0) is 11.8 Å². The van der Waals surface area contributed by atoms with Crippen molar-refractivity contribution in [3.05, 3.63) is 83.6 Å². The molecule has 0 bridgehead atoms. The van der Waals surface area contributed by atoms with Crippen LogP contribution in [0.3, 0.4) is 0 Å². The Morgan fingerprint density at radius 2 is 1.85 bits per heavy atom. The summed E-state index contributed by atoms with van der Waals surface area (Å²) >= 11 is 0. The molecule has 2 aromatic carbocycles. The Morgan fingerprint density at radius 3 is 2.62 bits per heavy atom. The Bertz CT molecular complexity index is 1550. The molecule has 0 saturated carbocycles. The van der Waals surface area contributed by atoms with Gasteiger partial charge in [-0.2, -0.15) is 5.26 Å². The largest absolute Gasteiger partial charge is 0.370 e. The average molecular weight is 535 g/mol. The Hall–Kier alpha value is -4.42. The van der Waals surface area contributed by atoms with Crippen LogP contribution in [-0.4, -0.2) is 68.9 Å². The molecule has 1 aliphatic heterocycles. The van der Waals surface area contributed by atoms with Crippen LogP contribution in [0.15, 0.2) is 61.3 Å². The van der Waals surface area contributed by atoms with Crippen LogP contribution in [0.4, 0.5) is 5.69 Å². The van der Waals surface area contributed by atoms with Gasteiger partial charge in [0.25, 0.3) is 0 Å². The molecular formula is C31H34N8O. The summed E-state index contributed by atoms with van der Waals surface area (Å²) in [7, 11) is 2.14. The standard InChI is InChI=1S/C31H34N8O/c1-22-6-7-23(12-29(22)39-19-28(35-36-39)25-17-33-21-34-18-25)13-30(40)24-14-26(31(2,3)20-32)16-27(15-24)38-9-5-8-37(4)10-11-38/h6-7,12,14-19,21H,5,8-11,13H2,1-4H3. The maximum atomic E-state index is 13.7. The highest BCUT2D eigenvalue weighted by molar-refractivity contribution is 5.98. The van der Waals surface area contributed by atoms with Crippen LogP contribution in [0.5, 0.6) is 0 Å². The molecule has 0 N–H and O–H groups in total. The van der Waals surface area contributed by atoms with E-state index in [1.807, 2.05) is 57.3 Å². The van der Waals surface area contributed by atoms with Crippen LogP contribution in [0.25, 0.3) is 16.9 Å². The number of carbonyl (C=O) groups is 1. The summed E-state index contributed by atoms with van der Waals surface area (Å²) in [6.45, 7) is 9.62. The first-order chi connectivity index (χ1) is 19.2. The number of rotatable bonds is 7. The molecule has 9 nitrogen and oxygen atoms in total. The topological polar surface area (TPSA) is 104 Å². The Kier molecular flexibility index (Phi) is 7.71. The molecule has 1 aliphatic rings. The SMILES string of the molecule is Cc1ccc(CC(=O)c2cc(N3CCCN(C)CC3)cc(C(C)(C)C#N)c2)cc1-n1cc(-c2cncnc2)nn1. The zero-order valence-electron chi connectivity index (χ0n) is 23.5. The van der Waals surface area contributed by atoms with Gasteiger partial charge in [0.1, 0.15) is 12.0 Å². The molecule has 0 unspecified atom stereocenters. The lowest BCUT2D eigenvalue weighted by Crippen LogP contribution is -2.29. The van der Waals surface area contributed by atoms with Gasteiger partial charge in [-0.05, 0) is 81.7 Å². The highest BCUT2D eigenvalue weighted by Crippen LogP contribution is 2.30. The van der Waals surface area contributed by atoms with Crippen molar-refractivity contribution in [3.63, 3.8) is 0 Å². The molecule has 5 rings (SSSR count). The lowest BCUT2D eigenvalue weighted by molar-refractivity contribution is 0.0993. The molecule has 204 valence electrons. The lowest BCUT2D eigenvalue weighted by Gasteiger charge is -2.26. The number of hydrogen-bond donors (Lipinski definition) is 0. The first kappa shape index (κ1) is 27.2. The van der Waals surface area contributed by atoms with Gasteiger partial charge in [0.15, 0.2) is 5.78 Å². The molecule has 0 spiro atoms. The van der Waals surface area contributed by atoms with Crippen molar-refractivity contribution in [2.24, 2.45) is 0 Å². The second kappa shape index (κ2) is 11.4. The molecule has 0 radical (unpaired) electrons. The minimum atomic E-state index is -0.709. The van der Waals surface area contributed by atoms with Gasteiger partial charge in [-0.15, -0.1) is 5.10 Å². The van der Waals surface area contributed by atoms with Gasteiger partial charge >= 0.3 is 0 Å². The summed E-state index contributed by atoms with van der Waals surface area (Å²) < 4.78 is 1.72. The lowest BCUT2D eigenvalue weighted by atomic mass is 9.84. The summed E-state index contributed by atoms with van der Waals surface area (Å²) in [5.41, 5.74) is 5.99. The molecule has 0 aliphatic carbocycles. The zero-order valence-corrected chi connectivity index (χ0v) is 23.5. The van der Waals surface area contributed by atoms with Crippen LogP contribution in [0.1, 0.15) is 47.3 Å². The monoisotopic (exact) mass is 534 g/mol. The van der Waals surface area contributed by atoms with Gasteiger partial charge < -0.3 is 9.80 Å². The summed E-state index contributed by atoms with van der Waals surface area (Å²) in [6, 6.07) is 14.3. The normalized spacial score (nSPS) is 14.5. The van der Waals surface area contributed by atoms with Crippen LogP contribution < -0.4 is 4.90 Å². The molecule has 1 saturated heterocycles. The molecule has 3 heterocycles. The van der Waals surface area contributed by atoms with Gasteiger partial charge in [-0.1, -0.05) is 17.3 Å². The van der Waals surface area contributed by atoms with Gasteiger partial charge in [0.2, 0.25) is 0 Å². The molecule has 9 heteroatoms. The van der Waals surface area contributed by atoms with Gasteiger partial charge in [0, 0.05) is 55.3 Å². The van der Waals surface area contributed by atoms with Crippen molar-refractivity contribution in [1.29, 1.82) is 5.26 Å². The van der Waals surface area contributed by atoms with E-state index >= 15 is 0 Å². The van der Waals surface area contributed by atoms with Gasteiger partial charge in [-0.25, -0.2) is 14.6 Å². The summed E-state index contributed by atoms with van der Waals surface area (Å²) in [5.74, 6) is 0.0132. The van der Waals surface area contributed by atoms with E-state index in [1.165, 1.54) is 6.33 Å². The van der Waals surface area contributed by atoms with E-state index in [-0.39, 0.29) is 12.2 Å². The number of aryl methyl sites for hydroxylation is 1. The number of hydrogen-bond acceptors (Lipinski definition) is 8. The molecular weight excluding hydrogens is 500 g/mol. The van der Waals surface area contributed by atoms with E-state index in [0.717, 1.165) is 66.2 Å². The fraction of sp³-hybridized carbons (Fsp3) is 0.355. The number of Topliss-reactive ketones (excluding diaryl/α,β-unsaturated/α-hetero) is 1. The fourth-order valence-electron chi connectivity index (χ4n) is 4.93. The van der Waals surface area contributed by atoms with Crippen molar-refractivity contribution < 1.29 is 4.79 Å². The summed E-state index contributed by atoms with van der Waals surface area (Å²) in [4.78, 5) is 26.5. The molecule has 1 fully saturated rings. The predicted octanol–water partition coefficient (Wildman–Crippen LogP) is 4.40. The second-order valence-corrected chi connectivity index (χ2v) is 11.0. The molecule has 2 aromatic heterocycles. The first-order valence-corrected chi connectivity index (χ1v) is 13.5. The van der Waals surface area contributed by atoms with Crippen LogP contribution in [0.2, 0.25) is 0 Å². The van der Waals surface area contributed by atoms with E-state index in [4.69, 9.17) is 0 Å². The third-order valence-electron chi connectivity index (χ3n) is 7.56. The number of nitriles is 1. The van der Waals surface area contributed by atoms with E-state index in [1.54, 1.807) is 17.1 Å². The number of carbonyl (C=O) groups excluding carboxylic acids is 1. The van der Waals surface area contributed by atoms with Crippen molar-refractivity contribution in [2.45, 2.75) is 39.0 Å². The second-order valence-electron chi connectivity index (χ2n) is 11.0. The zero-order chi connectivity index (χ0) is 28.3. The number of benzene rings is 2. The highest BCUT2D eigenvalue weighted by atomic mass is 16.1. The molecule has 0 atom stereocenters. The van der Waals surface area contributed by atoms with Crippen LogP contribution in [0, 0.1) is 18.3 Å². The van der Waals surface area contributed by atoms with Crippen molar-refractivity contribution in [3.8, 4) is 23.0 Å². The van der Waals surface area contributed by atoms with Crippen LogP contribution >= 0.6 is 0 Å². The number of anilines is 1. The number of ketones is 1. The number of aromatic nitrogens is 5. The number of likely N-dealkylation sites (N-methyl/N-ethyl adjacent to an activating group) is 1. The molecule has 0 amide bonds. The van der Waals surface area contributed by atoms with Gasteiger partial charge in [-0.3, -0.25) is 4.79 Å². The van der Waals surface area contributed by atoms with Crippen molar-refractivity contribution in [1.82, 2.24) is 29.9 Å². The van der Waals surface area contributed by atoms with E-state index in [9.17, 15) is 10.1 Å². The Morgan fingerprint density at radius 1 is 1.05 bits per heavy atom. The predicted molar refractivity (Wildman–Crippen MR) is 155 cm³/mol.